The minimum atomic E-state index is -1.45. The number of anilines is 1. The summed E-state index contributed by atoms with van der Waals surface area (Å²) < 4.78 is 43.4. The molecule has 1 fully saturated rings. The van der Waals surface area contributed by atoms with Gasteiger partial charge in [0.05, 0.1) is 24.6 Å². The molecule has 3 aromatic carbocycles. The fraction of sp³-hybridized carbons (Fsp3) is 0.273. The standard InChI is InChI=1S/C33H30F2N6O4/c34-24-11-5-4-9-22(24)29-26(33-41(39-29)14-13-21(19-45-33)40-15-17-44-18-16-40)31(42)38-30-32(43)37-28-23(10-6-12-25(28)35)27(36-30)20-7-2-1-3-8-20/h1-12,21,30H,13-19H2,(H,37,43)(H,38,42). The number of aliphatic imine (C=N–C) groups is 1. The van der Waals surface area contributed by atoms with Gasteiger partial charge in [-0.2, -0.15) is 5.10 Å². The van der Waals surface area contributed by atoms with Crippen LogP contribution in [0.4, 0.5) is 14.5 Å². The molecule has 2 atom stereocenters. The summed E-state index contributed by atoms with van der Waals surface area (Å²) in [6.45, 7) is 3.53. The molecule has 3 aliphatic rings. The van der Waals surface area contributed by atoms with Gasteiger partial charge in [-0.3, -0.25) is 14.5 Å². The number of rotatable bonds is 5. The molecule has 2 N–H and O–H groups in total. The van der Waals surface area contributed by atoms with Gasteiger partial charge in [-0.15, -0.1) is 0 Å². The summed E-state index contributed by atoms with van der Waals surface area (Å²) in [5, 5.41) is 9.93. The molecule has 3 aliphatic heterocycles. The molecule has 0 aliphatic carbocycles. The number of hydrogen-bond donors (Lipinski definition) is 2. The zero-order valence-corrected chi connectivity index (χ0v) is 24.2. The normalized spacial score (nSPS) is 20.0. The van der Waals surface area contributed by atoms with Gasteiger partial charge in [0.2, 0.25) is 12.0 Å². The van der Waals surface area contributed by atoms with Gasteiger partial charge in [0, 0.05) is 42.4 Å². The summed E-state index contributed by atoms with van der Waals surface area (Å²) in [6.07, 6.45) is -0.748. The molecule has 1 aromatic heterocycles. The lowest BCUT2D eigenvalue weighted by atomic mass is 10.0. The van der Waals surface area contributed by atoms with E-state index in [1.54, 1.807) is 47.1 Å². The second kappa shape index (κ2) is 12.2. The largest absolute Gasteiger partial charge is 0.476 e. The number of benzodiazepines with no additional fused rings is 1. The van der Waals surface area contributed by atoms with E-state index in [-0.39, 0.29) is 41.0 Å². The summed E-state index contributed by atoms with van der Waals surface area (Å²) in [5.41, 5.74) is 1.47. The quantitative estimate of drug-likeness (QED) is 0.355. The number of benzene rings is 3. The van der Waals surface area contributed by atoms with Crippen LogP contribution in [0.15, 0.2) is 77.8 Å². The molecule has 2 amide bonds. The predicted octanol–water partition coefficient (Wildman–Crippen LogP) is 3.86. The molecule has 4 aromatic rings. The first-order valence-electron chi connectivity index (χ1n) is 14.8. The van der Waals surface area contributed by atoms with E-state index >= 15 is 4.39 Å². The van der Waals surface area contributed by atoms with E-state index < -0.39 is 29.6 Å². The van der Waals surface area contributed by atoms with Crippen LogP contribution in [0.5, 0.6) is 5.88 Å². The van der Waals surface area contributed by atoms with E-state index in [1.165, 1.54) is 24.3 Å². The summed E-state index contributed by atoms with van der Waals surface area (Å²) in [7, 11) is 0. The van der Waals surface area contributed by atoms with Crippen LogP contribution in [0.25, 0.3) is 11.3 Å². The Hall–Kier alpha value is -4.94. The van der Waals surface area contributed by atoms with Crippen LogP contribution in [-0.2, 0) is 16.1 Å². The second-order valence-electron chi connectivity index (χ2n) is 11.0. The van der Waals surface area contributed by atoms with Crippen molar-refractivity contribution in [2.45, 2.75) is 25.2 Å². The minimum absolute atomic E-state index is 0.0140. The maximum absolute atomic E-state index is 15.1. The highest BCUT2D eigenvalue weighted by atomic mass is 19.1. The van der Waals surface area contributed by atoms with Crippen LogP contribution in [0.3, 0.4) is 0 Å². The van der Waals surface area contributed by atoms with Crippen molar-refractivity contribution >= 4 is 23.2 Å². The first kappa shape index (κ1) is 28.8. The van der Waals surface area contributed by atoms with Crippen molar-refractivity contribution in [3.05, 3.63) is 101 Å². The van der Waals surface area contributed by atoms with Crippen LogP contribution >= 0.6 is 0 Å². The Bertz CT molecular complexity index is 1790. The number of nitrogens with one attached hydrogen (secondary N) is 2. The fourth-order valence-corrected chi connectivity index (χ4v) is 5.97. The third-order valence-corrected chi connectivity index (χ3v) is 8.25. The Morgan fingerprint density at radius 1 is 0.911 bits per heavy atom. The fourth-order valence-electron chi connectivity index (χ4n) is 5.97. The third-order valence-electron chi connectivity index (χ3n) is 8.25. The van der Waals surface area contributed by atoms with Crippen molar-refractivity contribution in [1.82, 2.24) is 20.0 Å². The second-order valence-corrected chi connectivity index (χ2v) is 11.0. The highest BCUT2D eigenvalue weighted by Crippen LogP contribution is 2.35. The van der Waals surface area contributed by atoms with Crippen LogP contribution in [0.1, 0.15) is 27.9 Å². The molecule has 45 heavy (non-hydrogen) atoms. The highest BCUT2D eigenvalue weighted by molar-refractivity contribution is 6.20. The van der Waals surface area contributed by atoms with E-state index in [0.29, 0.717) is 43.0 Å². The number of amides is 2. The molecule has 0 bridgehead atoms. The molecule has 10 nitrogen and oxygen atoms in total. The van der Waals surface area contributed by atoms with Gasteiger partial charge in [0.1, 0.15) is 29.5 Å². The lowest BCUT2D eigenvalue weighted by Gasteiger charge is -2.33. The number of halogens is 2. The van der Waals surface area contributed by atoms with Crippen molar-refractivity contribution in [2.75, 3.05) is 38.2 Å². The third kappa shape index (κ3) is 5.58. The van der Waals surface area contributed by atoms with E-state index in [9.17, 15) is 14.0 Å². The van der Waals surface area contributed by atoms with E-state index in [1.807, 2.05) is 6.07 Å². The number of nitrogens with zero attached hydrogens (tertiary/aromatic N) is 4. The smallest absolute Gasteiger partial charge is 0.269 e. The Morgan fingerprint density at radius 2 is 1.64 bits per heavy atom. The molecule has 0 radical (unpaired) electrons. The van der Waals surface area contributed by atoms with E-state index in [2.05, 4.69) is 25.6 Å². The molecule has 2 unspecified atom stereocenters. The number of carbonyl (C=O) groups is 2. The van der Waals surface area contributed by atoms with Crippen molar-refractivity contribution in [2.24, 2.45) is 4.99 Å². The van der Waals surface area contributed by atoms with Gasteiger partial charge in [-0.05, 0) is 24.6 Å². The number of carbonyl (C=O) groups excluding carboxylic acids is 2. The van der Waals surface area contributed by atoms with Gasteiger partial charge in [0.15, 0.2) is 0 Å². The first-order chi connectivity index (χ1) is 22.0. The lowest BCUT2D eigenvalue weighted by Crippen LogP contribution is -2.46. The monoisotopic (exact) mass is 612 g/mol. The number of morpholine rings is 1. The number of fused-ring (bicyclic) bond motifs is 2. The highest BCUT2D eigenvalue weighted by Gasteiger charge is 2.35. The van der Waals surface area contributed by atoms with Crippen molar-refractivity contribution in [3.8, 4) is 17.1 Å². The Morgan fingerprint density at radius 3 is 2.44 bits per heavy atom. The molecule has 230 valence electrons. The number of hydrogen-bond acceptors (Lipinski definition) is 7. The summed E-state index contributed by atoms with van der Waals surface area (Å²) in [4.78, 5) is 34.5. The van der Waals surface area contributed by atoms with Gasteiger partial charge >= 0.3 is 0 Å². The number of aromatic nitrogens is 2. The van der Waals surface area contributed by atoms with Crippen LogP contribution in [0.2, 0.25) is 0 Å². The molecule has 0 saturated carbocycles. The average molecular weight is 613 g/mol. The zero-order valence-electron chi connectivity index (χ0n) is 24.2. The summed E-state index contributed by atoms with van der Waals surface area (Å²) in [5.74, 6) is -2.49. The predicted molar refractivity (Wildman–Crippen MR) is 162 cm³/mol. The SMILES string of the molecule is O=C(NC1N=C(c2ccccc2)c2cccc(F)c2NC1=O)c1c(-c2ccccc2F)nn2c1OCC(N1CCOCC1)CC2. The molecular weight excluding hydrogens is 582 g/mol. The maximum atomic E-state index is 15.1. The zero-order chi connectivity index (χ0) is 30.9. The molecule has 0 spiro atoms. The number of para-hydroxylation sites is 1. The number of ether oxygens (including phenoxy) is 2. The van der Waals surface area contributed by atoms with Crippen molar-refractivity contribution < 1.29 is 27.8 Å². The van der Waals surface area contributed by atoms with Crippen LogP contribution in [0, 0.1) is 11.6 Å². The van der Waals surface area contributed by atoms with E-state index in [0.717, 1.165) is 13.1 Å². The Kier molecular flexibility index (Phi) is 7.82. The molecule has 1 saturated heterocycles. The molecular formula is C33H30F2N6O4. The van der Waals surface area contributed by atoms with Crippen molar-refractivity contribution in [3.63, 3.8) is 0 Å². The van der Waals surface area contributed by atoms with Crippen LogP contribution in [-0.4, -0.2) is 77.3 Å². The first-order valence-corrected chi connectivity index (χ1v) is 14.8. The average Bonchev–Trinajstić information content (AvgIpc) is 3.20. The molecule has 4 heterocycles. The molecule has 7 rings (SSSR count). The van der Waals surface area contributed by atoms with E-state index in [4.69, 9.17) is 9.47 Å². The Labute approximate surface area is 257 Å². The lowest BCUT2D eigenvalue weighted by molar-refractivity contribution is -0.117. The van der Waals surface area contributed by atoms with Crippen LogP contribution < -0.4 is 15.4 Å². The van der Waals surface area contributed by atoms with Gasteiger partial charge in [-0.25, -0.2) is 18.5 Å². The molecule has 12 heteroatoms. The van der Waals surface area contributed by atoms with Gasteiger partial charge in [-0.1, -0.05) is 54.6 Å². The summed E-state index contributed by atoms with van der Waals surface area (Å²) in [6, 6.07) is 19.5. The topological polar surface area (TPSA) is 110 Å². The van der Waals surface area contributed by atoms with Gasteiger partial charge < -0.3 is 20.1 Å². The Balaban J connectivity index is 1.27. The number of aryl methyl sites for hydroxylation is 1. The van der Waals surface area contributed by atoms with Gasteiger partial charge in [0.25, 0.3) is 11.8 Å². The maximum Gasteiger partial charge on any atom is 0.269 e. The summed E-state index contributed by atoms with van der Waals surface area (Å²) >= 11 is 0. The van der Waals surface area contributed by atoms with Crippen molar-refractivity contribution in [1.29, 1.82) is 0 Å². The minimum Gasteiger partial charge on any atom is -0.476 e.